The van der Waals surface area contributed by atoms with Crippen LogP contribution >= 0.6 is 8.69 Å². The van der Waals surface area contributed by atoms with Crippen LogP contribution in [0.4, 0.5) is 0 Å². The molecule has 0 aliphatic heterocycles. The van der Waals surface area contributed by atoms with Crippen molar-refractivity contribution in [2.75, 3.05) is 20.3 Å². The highest BCUT2D eigenvalue weighted by molar-refractivity contribution is 7.17. The second kappa shape index (κ2) is 7.02. The smallest absolute Gasteiger partial charge is 0.327 e. The van der Waals surface area contributed by atoms with Crippen molar-refractivity contribution >= 4 is 8.69 Å². The summed E-state index contributed by atoms with van der Waals surface area (Å²) in [6.45, 7) is 1.16. The lowest BCUT2D eigenvalue weighted by molar-refractivity contribution is 0.176. The Kier molecular flexibility index (Phi) is 7.04. The quantitative estimate of drug-likeness (QED) is 0.421. The summed E-state index contributed by atoms with van der Waals surface area (Å²) in [7, 11) is 1.37. The van der Waals surface area contributed by atoms with E-state index < -0.39 is 0 Å². The molecule has 0 radical (unpaired) electrons. The molecule has 0 atom stereocenters. The fourth-order valence-corrected chi connectivity index (χ4v) is 0.509. The van der Waals surface area contributed by atoms with Gasteiger partial charge in [-0.2, -0.15) is 0 Å². The van der Waals surface area contributed by atoms with Crippen LogP contribution in [0, 0.1) is 0 Å². The summed E-state index contributed by atoms with van der Waals surface area (Å²) in [5.74, 6) is 0. The highest BCUT2D eigenvalue weighted by Gasteiger charge is 1.83. The fraction of sp³-hybridized carbons (Fsp3) is 1.00. The van der Waals surface area contributed by atoms with Gasteiger partial charge in [0.15, 0.2) is 0 Å². The Morgan fingerprint density at radius 3 is 2.75 bits per heavy atom. The SMILES string of the molecule is COCCCOP=O. The summed E-state index contributed by atoms with van der Waals surface area (Å²) >= 11 is 0. The van der Waals surface area contributed by atoms with Crippen LogP contribution in [-0.4, -0.2) is 20.3 Å². The van der Waals surface area contributed by atoms with Gasteiger partial charge in [-0.25, -0.2) is 4.57 Å². The van der Waals surface area contributed by atoms with Gasteiger partial charge in [0.05, 0.1) is 6.61 Å². The zero-order valence-corrected chi connectivity index (χ0v) is 5.69. The van der Waals surface area contributed by atoms with Crippen molar-refractivity contribution in [2.24, 2.45) is 0 Å². The second-order valence-electron chi connectivity index (χ2n) is 1.25. The highest BCUT2D eigenvalue weighted by Crippen LogP contribution is 1.94. The molecule has 0 spiro atoms. The lowest BCUT2D eigenvalue weighted by atomic mass is 10.5. The van der Waals surface area contributed by atoms with Crippen LogP contribution in [0.1, 0.15) is 6.42 Å². The maximum absolute atomic E-state index is 9.60. The first kappa shape index (κ1) is 8.02. The predicted molar refractivity (Wildman–Crippen MR) is 30.1 cm³/mol. The van der Waals surface area contributed by atoms with Gasteiger partial charge in [-0.05, 0) is 6.42 Å². The average Bonchev–Trinajstić information content (AvgIpc) is 1.81. The van der Waals surface area contributed by atoms with Crippen LogP contribution < -0.4 is 0 Å². The molecule has 0 aliphatic carbocycles. The molecule has 0 aromatic rings. The van der Waals surface area contributed by atoms with Gasteiger partial charge in [0.2, 0.25) is 0 Å². The van der Waals surface area contributed by atoms with Crippen LogP contribution in [0.15, 0.2) is 0 Å². The van der Waals surface area contributed by atoms with Crippen molar-refractivity contribution < 1.29 is 13.8 Å². The van der Waals surface area contributed by atoms with Crippen LogP contribution in [-0.2, 0) is 13.8 Å². The van der Waals surface area contributed by atoms with Crippen LogP contribution in [0.2, 0.25) is 0 Å². The van der Waals surface area contributed by atoms with E-state index in [9.17, 15) is 4.57 Å². The molecule has 0 aromatic carbocycles. The standard InChI is InChI=1S/C4H9O3P/c1-6-3-2-4-7-8-5/h2-4H2,1H3. The molecule has 0 saturated carbocycles. The van der Waals surface area contributed by atoms with Gasteiger partial charge in [-0.3, -0.25) is 4.52 Å². The summed E-state index contributed by atoms with van der Waals surface area (Å²) in [6.07, 6.45) is 0.797. The summed E-state index contributed by atoms with van der Waals surface area (Å²) in [4.78, 5) is 0. The number of ether oxygens (including phenoxy) is 1. The lowest BCUT2D eigenvalue weighted by Crippen LogP contribution is -1.92. The molecule has 4 heteroatoms. The van der Waals surface area contributed by atoms with Crippen molar-refractivity contribution in [3.8, 4) is 0 Å². The fourth-order valence-electron chi connectivity index (χ4n) is 0.305. The zero-order chi connectivity index (χ0) is 6.24. The van der Waals surface area contributed by atoms with E-state index in [4.69, 9.17) is 4.74 Å². The summed E-state index contributed by atoms with van der Waals surface area (Å²) in [6, 6.07) is 0. The monoisotopic (exact) mass is 136 g/mol. The van der Waals surface area contributed by atoms with Crippen LogP contribution in [0.25, 0.3) is 0 Å². The largest absolute Gasteiger partial charge is 0.385 e. The van der Waals surface area contributed by atoms with Gasteiger partial charge in [0.25, 0.3) is 0 Å². The molecular weight excluding hydrogens is 127 g/mol. The molecule has 0 N–H and O–H groups in total. The van der Waals surface area contributed by atoms with E-state index in [1.165, 1.54) is 0 Å². The van der Waals surface area contributed by atoms with E-state index in [0.29, 0.717) is 13.2 Å². The van der Waals surface area contributed by atoms with Gasteiger partial charge in [-0.15, -0.1) is 0 Å². The Balaban J connectivity index is 2.62. The topological polar surface area (TPSA) is 35.5 Å². The Bertz CT molecular complexity index is 57.2. The van der Waals surface area contributed by atoms with Gasteiger partial charge >= 0.3 is 8.69 Å². The lowest BCUT2D eigenvalue weighted by Gasteiger charge is -1.92. The van der Waals surface area contributed by atoms with Crippen LogP contribution in [0.3, 0.4) is 0 Å². The maximum atomic E-state index is 9.60. The van der Waals surface area contributed by atoms with E-state index in [1.807, 2.05) is 0 Å². The average molecular weight is 136 g/mol. The molecular formula is C4H9O3P. The molecule has 0 unspecified atom stereocenters. The molecule has 8 heavy (non-hydrogen) atoms. The van der Waals surface area contributed by atoms with Gasteiger partial charge in [0, 0.05) is 13.7 Å². The minimum absolute atomic E-state index is 0.245. The molecule has 0 aromatic heterocycles. The number of hydrogen-bond donors (Lipinski definition) is 0. The van der Waals surface area contributed by atoms with Gasteiger partial charge in [0.1, 0.15) is 0 Å². The highest BCUT2D eigenvalue weighted by atomic mass is 31.1. The summed E-state index contributed by atoms with van der Waals surface area (Å²) in [5, 5.41) is 0. The maximum Gasteiger partial charge on any atom is 0.327 e. The van der Waals surface area contributed by atoms with Crippen molar-refractivity contribution in [3.05, 3.63) is 0 Å². The molecule has 0 fully saturated rings. The normalized spacial score (nSPS) is 10.1. The number of hydrogen-bond acceptors (Lipinski definition) is 3. The number of rotatable bonds is 5. The predicted octanol–water partition coefficient (Wildman–Crippen LogP) is 1.25. The number of methoxy groups -OCH3 is 1. The third-order valence-electron chi connectivity index (χ3n) is 0.637. The van der Waals surface area contributed by atoms with E-state index >= 15 is 0 Å². The van der Waals surface area contributed by atoms with Gasteiger partial charge < -0.3 is 4.74 Å². The molecule has 0 rings (SSSR count). The van der Waals surface area contributed by atoms with Crippen molar-refractivity contribution in [1.29, 1.82) is 0 Å². The summed E-state index contributed by atoms with van der Waals surface area (Å²) in [5.41, 5.74) is 0. The minimum atomic E-state index is -0.245. The first-order chi connectivity index (χ1) is 3.91. The Labute approximate surface area is 50.3 Å². The Hall–Kier alpha value is 0.0200. The third-order valence-corrected chi connectivity index (χ3v) is 0.925. The first-order valence-electron chi connectivity index (χ1n) is 2.35. The van der Waals surface area contributed by atoms with Crippen LogP contribution in [0.5, 0.6) is 0 Å². The Morgan fingerprint density at radius 1 is 1.50 bits per heavy atom. The Morgan fingerprint density at radius 2 is 2.25 bits per heavy atom. The molecule has 0 amide bonds. The molecule has 3 nitrogen and oxygen atoms in total. The minimum Gasteiger partial charge on any atom is -0.385 e. The third kappa shape index (κ3) is 6.02. The summed E-state index contributed by atoms with van der Waals surface area (Å²) < 4.78 is 18.8. The van der Waals surface area contributed by atoms with E-state index in [2.05, 4.69) is 4.52 Å². The molecule has 48 valence electrons. The molecule has 0 heterocycles. The van der Waals surface area contributed by atoms with Crippen molar-refractivity contribution in [3.63, 3.8) is 0 Å². The molecule has 0 bridgehead atoms. The zero-order valence-electron chi connectivity index (χ0n) is 4.79. The second-order valence-corrected chi connectivity index (χ2v) is 1.66. The van der Waals surface area contributed by atoms with Gasteiger partial charge in [-0.1, -0.05) is 0 Å². The van der Waals surface area contributed by atoms with Crippen molar-refractivity contribution in [1.82, 2.24) is 0 Å². The molecule has 0 saturated heterocycles. The first-order valence-corrected chi connectivity index (χ1v) is 3.08. The van der Waals surface area contributed by atoms with E-state index in [0.717, 1.165) is 6.42 Å². The van der Waals surface area contributed by atoms with E-state index in [1.54, 1.807) is 7.11 Å². The van der Waals surface area contributed by atoms with E-state index in [-0.39, 0.29) is 8.69 Å². The van der Waals surface area contributed by atoms with Crippen molar-refractivity contribution in [2.45, 2.75) is 6.42 Å². The molecule has 0 aliphatic rings.